The van der Waals surface area contributed by atoms with Crippen LogP contribution < -0.4 is 9.47 Å². The molecule has 2 amide bonds. The molecule has 0 spiro atoms. The van der Waals surface area contributed by atoms with E-state index in [4.69, 9.17) is 9.47 Å². The minimum absolute atomic E-state index is 0.0316. The van der Waals surface area contributed by atoms with Gasteiger partial charge in [-0.1, -0.05) is 37.6 Å². The molecule has 0 atom stereocenters. The number of ether oxygens (including phenoxy) is 2. The number of unbranched alkanes of at least 4 members (excludes halogenated alkanes) is 1. The lowest BCUT2D eigenvalue weighted by Gasteiger charge is -2.27. The molecule has 0 aliphatic carbocycles. The number of methoxy groups -OCH3 is 1. The molecule has 2 aromatic rings. The lowest BCUT2D eigenvalue weighted by Crippen LogP contribution is -2.43. The molecule has 2 aromatic carbocycles. The SMILES string of the molecule is CCCCN1C(=O)C(C#N)=C(C)/C(=C\c2ccc(OCc3ccccc3F)c(OC)c2)C1=O. The first kappa shape index (κ1) is 23.7. The van der Waals surface area contributed by atoms with Crippen LogP contribution in [0.3, 0.4) is 0 Å². The number of rotatable bonds is 8. The van der Waals surface area contributed by atoms with Crippen LogP contribution >= 0.6 is 0 Å². The molecule has 0 unspecified atom stereocenters. The lowest BCUT2D eigenvalue weighted by molar-refractivity contribution is -0.140. The van der Waals surface area contributed by atoms with E-state index < -0.39 is 11.8 Å². The van der Waals surface area contributed by atoms with Crippen molar-refractivity contribution < 1.29 is 23.5 Å². The predicted molar refractivity (Wildman–Crippen MR) is 122 cm³/mol. The van der Waals surface area contributed by atoms with Crippen molar-refractivity contribution in [3.8, 4) is 17.6 Å². The second-order valence-electron chi connectivity index (χ2n) is 7.58. The third-order valence-electron chi connectivity index (χ3n) is 5.40. The summed E-state index contributed by atoms with van der Waals surface area (Å²) in [5.74, 6) is -0.511. The number of carbonyl (C=O) groups excluding carboxylic acids is 2. The predicted octanol–water partition coefficient (Wildman–Crippen LogP) is 4.81. The van der Waals surface area contributed by atoms with Gasteiger partial charge in [0.1, 0.15) is 24.1 Å². The second-order valence-corrected chi connectivity index (χ2v) is 7.58. The summed E-state index contributed by atoms with van der Waals surface area (Å²) >= 11 is 0. The number of hydrogen-bond acceptors (Lipinski definition) is 5. The largest absolute Gasteiger partial charge is 0.493 e. The minimum atomic E-state index is -0.555. The van der Waals surface area contributed by atoms with E-state index in [1.807, 2.05) is 13.0 Å². The molecule has 33 heavy (non-hydrogen) atoms. The maximum Gasteiger partial charge on any atom is 0.271 e. The molecule has 6 nitrogen and oxygen atoms in total. The van der Waals surface area contributed by atoms with Gasteiger partial charge in [-0.25, -0.2) is 4.39 Å². The average Bonchev–Trinajstić information content (AvgIpc) is 2.82. The van der Waals surface area contributed by atoms with Crippen molar-refractivity contribution in [2.75, 3.05) is 13.7 Å². The first-order chi connectivity index (χ1) is 15.9. The fraction of sp³-hybridized carbons (Fsp3) is 0.269. The van der Waals surface area contributed by atoms with Crippen LogP contribution in [0.4, 0.5) is 4.39 Å². The van der Waals surface area contributed by atoms with Crippen molar-refractivity contribution in [1.29, 1.82) is 5.26 Å². The molecule has 1 aliphatic heterocycles. The highest BCUT2D eigenvalue weighted by Crippen LogP contribution is 2.32. The van der Waals surface area contributed by atoms with E-state index in [0.29, 0.717) is 34.6 Å². The van der Waals surface area contributed by atoms with Gasteiger partial charge in [0.05, 0.1) is 7.11 Å². The molecule has 0 radical (unpaired) electrons. The first-order valence-corrected chi connectivity index (χ1v) is 10.6. The van der Waals surface area contributed by atoms with Crippen LogP contribution in [-0.2, 0) is 16.2 Å². The van der Waals surface area contributed by atoms with Gasteiger partial charge in [0, 0.05) is 17.7 Å². The van der Waals surface area contributed by atoms with E-state index in [1.165, 1.54) is 13.2 Å². The molecular weight excluding hydrogens is 423 g/mol. The van der Waals surface area contributed by atoms with Gasteiger partial charge in [-0.15, -0.1) is 0 Å². The molecule has 0 bridgehead atoms. The quantitative estimate of drug-likeness (QED) is 0.428. The topological polar surface area (TPSA) is 79.6 Å². The normalized spacial score (nSPS) is 15.1. The number of carbonyl (C=O) groups is 2. The van der Waals surface area contributed by atoms with Gasteiger partial charge in [0.15, 0.2) is 11.5 Å². The summed E-state index contributed by atoms with van der Waals surface area (Å²) in [6.07, 6.45) is 3.10. The van der Waals surface area contributed by atoms with E-state index in [1.54, 1.807) is 49.4 Å². The number of hydrogen-bond donors (Lipinski definition) is 0. The van der Waals surface area contributed by atoms with Crippen molar-refractivity contribution >= 4 is 17.9 Å². The van der Waals surface area contributed by atoms with Crippen molar-refractivity contribution in [3.63, 3.8) is 0 Å². The van der Waals surface area contributed by atoms with Crippen molar-refractivity contribution in [2.24, 2.45) is 0 Å². The van der Waals surface area contributed by atoms with Crippen molar-refractivity contribution in [2.45, 2.75) is 33.3 Å². The van der Waals surface area contributed by atoms with Crippen LogP contribution in [0.15, 0.2) is 59.2 Å². The van der Waals surface area contributed by atoms with Gasteiger partial charge in [-0.05, 0) is 48.8 Å². The highest BCUT2D eigenvalue weighted by atomic mass is 19.1. The Labute approximate surface area is 192 Å². The zero-order chi connectivity index (χ0) is 24.0. The van der Waals surface area contributed by atoms with E-state index >= 15 is 0 Å². The van der Waals surface area contributed by atoms with E-state index in [2.05, 4.69) is 0 Å². The maximum absolute atomic E-state index is 13.9. The van der Waals surface area contributed by atoms with Crippen LogP contribution in [0.1, 0.15) is 37.8 Å². The number of halogens is 1. The van der Waals surface area contributed by atoms with Crippen molar-refractivity contribution in [3.05, 3.63) is 76.1 Å². The fourth-order valence-corrected chi connectivity index (χ4v) is 3.48. The summed E-state index contributed by atoms with van der Waals surface area (Å²) in [7, 11) is 1.48. The Morgan fingerprint density at radius 1 is 1.12 bits per heavy atom. The highest BCUT2D eigenvalue weighted by Gasteiger charge is 2.34. The summed E-state index contributed by atoms with van der Waals surface area (Å²) in [6.45, 7) is 3.85. The van der Waals surface area contributed by atoms with E-state index in [9.17, 15) is 19.2 Å². The Bertz CT molecular complexity index is 1180. The Hall–Kier alpha value is -3.92. The maximum atomic E-state index is 13.9. The number of amides is 2. The smallest absolute Gasteiger partial charge is 0.271 e. The minimum Gasteiger partial charge on any atom is -0.493 e. The number of benzene rings is 2. The van der Waals surface area contributed by atoms with Crippen LogP contribution in [0.5, 0.6) is 11.5 Å². The monoisotopic (exact) mass is 448 g/mol. The number of imide groups is 1. The van der Waals surface area contributed by atoms with Crippen LogP contribution in [0, 0.1) is 17.1 Å². The van der Waals surface area contributed by atoms with Crippen LogP contribution in [-0.4, -0.2) is 30.4 Å². The standard InChI is InChI=1S/C26H25FN2O4/c1-4-5-12-29-25(30)20(17(2)21(15-28)26(29)31)13-18-10-11-23(24(14-18)32-3)33-16-19-8-6-7-9-22(19)27/h6-11,13-14H,4-5,12,16H2,1-3H3/b20-13+. The van der Waals surface area contributed by atoms with Crippen molar-refractivity contribution in [1.82, 2.24) is 4.90 Å². The summed E-state index contributed by atoms with van der Waals surface area (Å²) in [6, 6.07) is 13.4. The molecule has 0 saturated heterocycles. The Morgan fingerprint density at radius 3 is 2.55 bits per heavy atom. The fourth-order valence-electron chi connectivity index (χ4n) is 3.48. The zero-order valence-corrected chi connectivity index (χ0v) is 18.9. The third kappa shape index (κ3) is 5.12. The van der Waals surface area contributed by atoms with E-state index in [0.717, 1.165) is 11.3 Å². The molecule has 170 valence electrons. The first-order valence-electron chi connectivity index (χ1n) is 10.6. The number of nitriles is 1. The van der Waals surface area contributed by atoms with Gasteiger partial charge in [-0.3, -0.25) is 14.5 Å². The highest BCUT2D eigenvalue weighted by molar-refractivity contribution is 6.19. The summed E-state index contributed by atoms with van der Waals surface area (Å²) in [5, 5.41) is 9.48. The molecule has 0 aromatic heterocycles. The van der Waals surface area contributed by atoms with Gasteiger partial charge in [-0.2, -0.15) is 5.26 Å². The van der Waals surface area contributed by atoms with Gasteiger partial charge >= 0.3 is 0 Å². The molecule has 7 heteroatoms. The molecule has 1 aliphatic rings. The molecule has 0 N–H and O–H groups in total. The average molecular weight is 448 g/mol. The lowest BCUT2D eigenvalue weighted by atomic mass is 9.93. The van der Waals surface area contributed by atoms with Gasteiger partial charge < -0.3 is 9.47 Å². The zero-order valence-electron chi connectivity index (χ0n) is 18.9. The van der Waals surface area contributed by atoms with Crippen LogP contribution in [0.2, 0.25) is 0 Å². The molecule has 3 rings (SSSR count). The summed E-state index contributed by atoms with van der Waals surface area (Å²) in [4.78, 5) is 26.7. The summed E-state index contributed by atoms with van der Waals surface area (Å²) in [5.41, 5.74) is 1.65. The Balaban J connectivity index is 1.92. The Morgan fingerprint density at radius 2 is 1.88 bits per heavy atom. The molecule has 0 saturated carbocycles. The number of nitrogens with zero attached hydrogens (tertiary/aromatic N) is 2. The van der Waals surface area contributed by atoms with Crippen LogP contribution in [0.25, 0.3) is 6.08 Å². The molecule has 1 heterocycles. The third-order valence-corrected chi connectivity index (χ3v) is 5.40. The van der Waals surface area contributed by atoms with E-state index in [-0.39, 0.29) is 30.1 Å². The molecule has 0 fully saturated rings. The Kier molecular flexibility index (Phi) is 7.62. The van der Waals surface area contributed by atoms with Gasteiger partial charge in [0.2, 0.25) is 0 Å². The molecular formula is C26H25FN2O4. The summed E-state index contributed by atoms with van der Waals surface area (Å²) < 4.78 is 25.0. The van der Waals surface area contributed by atoms with Gasteiger partial charge in [0.25, 0.3) is 11.8 Å². The second kappa shape index (κ2) is 10.6.